The third kappa shape index (κ3) is 4.86. The summed E-state index contributed by atoms with van der Waals surface area (Å²) < 4.78 is 0. The average Bonchev–Trinajstić information content (AvgIpc) is 3.52. The zero-order chi connectivity index (χ0) is 37.2. The molecule has 0 atom stereocenters. The monoisotopic (exact) mass is 714 g/mol. The number of rotatable bonds is 4. The first-order valence-electron chi connectivity index (χ1n) is 19.1. The molecule has 0 saturated carbocycles. The van der Waals surface area contributed by atoms with Gasteiger partial charge in [0.25, 0.3) is 0 Å². The van der Waals surface area contributed by atoms with Gasteiger partial charge in [0, 0.05) is 28.5 Å². The van der Waals surface area contributed by atoms with E-state index in [1.54, 1.807) is 0 Å². The highest BCUT2D eigenvalue weighted by Gasteiger charge is 2.49. The molecule has 1 spiro atoms. The molecule has 7 aromatic carbocycles. The molecule has 2 heterocycles. The molecule has 0 radical (unpaired) electrons. The second kappa shape index (κ2) is 12.6. The van der Waals surface area contributed by atoms with Gasteiger partial charge in [0.2, 0.25) is 0 Å². The molecular formula is C52H34N4. The maximum absolute atomic E-state index is 5.25. The summed E-state index contributed by atoms with van der Waals surface area (Å²) in [5.41, 5.74) is 17.8. The van der Waals surface area contributed by atoms with Gasteiger partial charge < -0.3 is 0 Å². The largest absolute Gasteiger partial charge is 0.256 e. The van der Waals surface area contributed by atoms with Crippen LogP contribution in [-0.2, 0) is 5.41 Å². The Bertz CT molecular complexity index is 2920. The number of fused-ring (bicyclic) bond motifs is 12. The van der Waals surface area contributed by atoms with Gasteiger partial charge in [0.05, 0.1) is 11.1 Å². The predicted molar refractivity (Wildman–Crippen MR) is 226 cm³/mol. The van der Waals surface area contributed by atoms with E-state index >= 15 is 0 Å². The Morgan fingerprint density at radius 3 is 1.29 bits per heavy atom. The van der Waals surface area contributed by atoms with Gasteiger partial charge in [-0.05, 0) is 80.8 Å². The summed E-state index contributed by atoms with van der Waals surface area (Å²) in [4.78, 5) is 20.1. The van der Waals surface area contributed by atoms with E-state index < -0.39 is 5.41 Å². The molecule has 0 N–H and O–H groups in total. The van der Waals surface area contributed by atoms with Crippen LogP contribution >= 0.6 is 0 Å². The van der Waals surface area contributed by atoms with Crippen molar-refractivity contribution >= 4 is 0 Å². The van der Waals surface area contributed by atoms with Gasteiger partial charge in [-0.1, -0.05) is 169 Å². The number of nitrogens with zero attached hydrogens (tertiary/aromatic N) is 4. The molecule has 2 aliphatic rings. The van der Waals surface area contributed by atoms with Crippen molar-refractivity contribution < 1.29 is 0 Å². The van der Waals surface area contributed by atoms with Crippen molar-refractivity contribution in [3.05, 3.63) is 216 Å². The average molecular weight is 715 g/mol. The summed E-state index contributed by atoms with van der Waals surface area (Å²) in [6, 6.07) is 65.2. The van der Waals surface area contributed by atoms with Crippen molar-refractivity contribution in [2.75, 3.05) is 0 Å². The molecule has 0 saturated heterocycles. The van der Waals surface area contributed by atoms with Crippen molar-refractivity contribution in [2.45, 2.75) is 12.3 Å². The predicted octanol–water partition coefficient (Wildman–Crippen LogP) is 12.3. The van der Waals surface area contributed by atoms with Gasteiger partial charge in [-0.3, -0.25) is 4.98 Å². The molecule has 4 nitrogen and oxygen atoms in total. The molecule has 0 bridgehead atoms. The van der Waals surface area contributed by atoms with Crippen LogP contribution in [0.1, 0.15) is 27.8 Å². The number of aryl methyl sites for hydroxylation is 1. The van der Waals surface area contributed by atoms with Crippen LogP contribution in [0.15, 0.2) is 188 Å². The van der Waals surface area contributed by atoms with Crippen molar-refractivity contribution in [3.63, 3.8) is 0 Å². The van der Waals surface area contributed by atoms with E-state index in [2.05, 4.69) is 176 Å². The fourth-order valence-electron chi connectivity index (χ4n) is 8.98. The summed E-state index contributed by atoms with van der Waals surface area (Å²) in [5.74, 6) is 1.88. The highest BCUT2D eigenvalue weighted by Crippen LogP contribution is 2.61. The second-order valence-corrected chi connectivity index (χ2v) is 14.7. The molecule has 262 valence electrons. The van der Waals surface area contributed by atoms with Crippen LogP contribution in [-0.4, -0.2) is 19.9 Å². The highest BCUT2D eigenvalue weighted by atomic mass is 15.0. The van der Waals surface area contributed by atoms with E-state index in [1.807, 2.05) is 24.4 Å². The number of aromatic nitrogens is 4. The molecule has 4 heteroatoms. The summed E-state index contributed by atoms with van der Waals surface area (Å²) in [7, 11) is 0. The van der Waals surface area contributed by atoms with Gasteiger partial charge >= 0.3 is 0 Å². The van der Waals surface area contributed by atoms with Gasteiger partial charge in [-0.15, -0.1) is 0 Å². The maximum atomic E-state index is 5.25. The van der Waals surface area contributed by atoms with E-state index in [4.69, 9.17) is 15.0 Å². The molecule has 11 rings (SSSR count). The number of pyridine rings is 1. The van der Waals surface area contributed by atoms with E-state index in [0.29, 0.717) is 17.5 Å². The lowest BCUT2D eigenvalue weighted by molar-refractivity contribution is 0.775. The van der Waals surface area contributed by atoms with Crippen LogP contribution in [0.2, 0.25) is 0 Å². The summed E-state index contributed by atoms with van der Waals surface area (Å²) in [5, 5.41) is 0. The zero-order valence-electron chi connectivity index (χ0n) is 30.7. The van der Waals surface area contributed by atoms with Crippen LogP contribution < -0.4 is 0 Å². The van der Waals surface area contributed by atoms with E-state index in [0.717, 1.165) is 27.9 Å². The van der Waals surface area contributed by atoms with Crippen LogP contribution in [0.25, 0.3) is 78.8 Å². The molecule has 0 amide bonds. The van der Waals surface area contributed by atoms with E-state index in [9.17, 15) is 0 Å². The van der Waals surface area contributed by atoms with E-state index in [-0.39, 0.29) is 0 Å². The molecule has 0 aliphatic heterocycles. The molecule has 2 aromatic heterocycles. The van der Waals surface area contributed by atoms with Gasteiger partial charge in [-0.25, -0.2) is 15.0 Å². The lowest BCUT2D eigenvalue weighted by Gasteiger charge is -2.35. The molecule has 0 unspecified atom stereocenters. The molecule has 56 heavy (non-hydrogen) atoms. The Morgan fingerprint density at radius 2 is 0.750 bits per heavy atom. The summed E-state index contributed by atoms with van der Waals surface area (Å²) >= 11 is 0. The van der Waals surface area contributed by atoms with Crippen LogP contribution in [0, 0.1) is 6.92 Å². The first kappa shape index (κ1) is 32.2. The molecule has 9 aromatic rings. The van der Waals surface area contributed by atoms with E-state index in [1.165, 1.54) is 61.2 Å². The maximum Gasteiger partial charge on any atom is 0.164 e. The van der Waals surface area contributed by atoms with Crippen LogP contribution in [0.3, 0.4) is 0 Å². The quantitative estimate of drug-likeness (QED) is 0.182. The second-order valence-electron chi connectivity index (χ2n) is 14.7. The Balaban J connectivity index is 1.18. The van der Waals surface area contributed by atoms with Crippen LogP contribution in [0.4, 0.5) is 0 Å². The lowest BCUT2D eigenvalue weighted by atomic mass is 9.65. The minimum Gasteiger partial charge on any atom is -0.256 e. The third-order valence-electron chi connectivity index (χ3n) is 11.5. The minimum atomic E-state index is -0.592. The number of benzene rings is 7. The van der Waals surface area contributed by atoms with Crippen molar-refractivity contribution in [3.8, 4) is 78.8 Å². The number of hydrogen-bond donors (Lipinski definition) is 0. The van der Waals surface area contributed by atoms with Crippen molar-refractivity contribution in [2.24, 2.45) is 0 Å². The first-order chi connectivity index (χ1) is 27.7. The van der Waals surface area contributed by atoms with Gasteiger partial charge in [0.15, 0.2) is 17.5 Å². The minimum absolute atomic E-state index is 0.592. The molecule has 0 fully saturated rings. The van der Waals surface area contributed by atoms with Crippen LogP contribution in [0.5, 0.6) is 0 Å². The summed E-state index contributed by atoms with van der Waals surface area (Å²) in [6.07, 6.45) is 1.82. The van der Waals surface area contributed by atoms with Crippen molar-refractivity contribution in [1.29, 1.82) is 0 Å². The molecule has 2 aliphatic carbocycles. The fraction of sp³-hybridized carbons (Fsp3) is 0.0385. The summed E-state index contributed by atoms with van der Waals surface area (Å²) in [6.45, 7) is 2.10. The van der Waals surface area contributed by atoms with Gasteiger partial charge in [-0.2, -0.15) is 0 Å². The standard InChI is InChI=1S/C52H34N4/c1-33-21-23-35(24-22-33)49-54-50(36-27-25-34(26-28-36)48-20-10-11-31-53-48)56-51(55-49)37-29-30-43-39-13-3-2-12-38(39)40-14-4-7-17-44(40)52(47(43)32-37)45-18-8-5-15-41(45)42-16-6-9-19-46(42)52/h2-32H,1H3. The Morgan fingerprint density at radius 1 is 0.339 bits per heavy atom. The molecular weight excluding hydrogens is 681 g/mol. The Hall–Kier alpha value is -7.30. The number of hydrogen-bond acceptors (Lipinski definition) is 4. The Labute approximate surface area is 325 Å². The third-order valence-corrected chi connectivity index (χ3v) is 11.5. The first-order valence-corrected chi connectivity index (χ1v) is 19.1. The van der Waals surface area contributed by atoms with Crippen molar-refractivity contribution in [1.82, 2.24) is 19.9 Å². The fourth-order valence-corrected chi connectivity index (χ4v) is 8.98. The zero-order valence-corrected chi connectivity index (χ0v) is 30.7. The lowest BCUT2D eigenvalue weighted by Crippen LogP contribution is -2.29. The SMILES string of the molecule is Cc1ccc(-c2nc(-c3ccc(-c4ccccn4)cc3)nc(-c3ccc4c(c3)C3(c5ccccc5-c5ccccc5-4)c4ccccc4-c4ccccc43)n2)cc1. The highest BCUT2D eigenvalue weighted by molar-refractivity contribution is 5.97. The normalized spacial score (nSPS) is 12.9. The Kier molecular flexibility index (Phi) is 7.26. The van der Waals surface area contributed by atoms with Gasteiger partial charge in [0.1, 0.15) is 0 Å². The topological polar surface area (TPSA) is 51.6 Å². The smallest absolute Gasteiger partial charge is 0.164 e.